The molecule has 0 bridgehead atoms. The Hall–Kier alpha value is -1.86. The molecule has 0 radical (unpaired) electrons. The van der Waals surface area contributed by atoms with Gasteiger partial charge in [0, 0.05) is 26.6 Å². The fourth-order valence-electron chi connectivity index (χ4n) is 2.34. The van der Waals surface area contributed by atoms with Gasteiger partial charge in [0.25, 0.3) is 0 Å². The summed E-state index contributed by atoms with van der Waals surface area (Å²) in [5.41, 5.74) is 0.721. The average molecular weight is 295 g/mol. The third kappa shape index (κ3) is 3.25. The summed E-state index contributed by atoms with van der Waals surface area (Å²) in [6.45, 7) is 4.07. The molecule has 0 amide bonds. The van der Waals surface area contributed by atoms with Crippen molar-refractivity contribution >= 4 is 0 Å². The molecule has 1 fully saturated rings. The lowest BCUT2D eigenvalue weighted by atomic mass is 10.1. The van der Waals surface area contributed by atoms with Gasteiger partial charge in [-0.25, -0.2) is 8.78 Å². The fraction of sp³-hybridized carbons (Fsp3) is 0.429. The van der Waals surface area contributed by atoms with Crippen LogP contribution in [0.2, 0.25) is 0 Å². The number of hydrogen-bond acceptors (Lipinski definition) is 5. The number of morpholine rings is 1. The Morgan fingerprint density at radius 3 is 2.90 bits per heavy atom. The van der Waals surface area contributed by atoms with E-state index in [-0.39, 0.29) is 6.10 Å². The first kappa shape index (κ1) is 14.1. The van der Waals surface area contributed by atoms with Crippen LogP contribution in [-0.2, 0) is 11.3 Å². The molecule has 112 valence electrons. The minimum absolute atomic E-state index is 0.263. The third-order valence-electron chi connectivity index (χ3n) is 3.37. The van der Waals surface area contributed by atoms with Crippen LogP contribution in [0.25, 0.3) is 0 Å². The second kappa shape index (κ2) is 5.87. The summed E-state index contributed by atoms with van der Waals surface area (Å²) in [4.78, 5) is 6.25. The van der Waals surface area contributed by atoms with Crippen molar-refractivity contribution in [1.82, 2.24) is 15.0 Å². The number of aryl methyl sites for hydroxylation is 1. The standard InChI is InChI=1S/C14H15F2N3O2/c1-9-17-14(18-21-9)13-8-19(4-5-20-13)7-10-2-3-11(15)12(16)6-10/h2-3,6,13H,4-5,7-8H2,1H3/t13-/m0/s1. The Morgan fingerprint density at radius 2 is 2.19 bits per heavy atom. The van der Waals surface area contributed by atoms with Crippen LogP contribution in [0.4, 0.5) is 8.78 Å². The quantitative estimate of drug-likeness (QED) is 0.869. The SMILES string of the molecule is Cc1nc([C@@H]2CN(Cc3ccc(F)c(F)c3)CCO2)no1. The molecule has 2 heterocycles. The molecule has 2 aromatic rings. The van der Waals surface area contributed by atoms with E-state index in [4.69, 9.17) is 9.26 Å². The molecule has 7 heteroatoms. The lowest BCUT2D eigenvalue weighted by Crippen LogP contribution is -2.38. The van der Waals surface area contributed by atoms with Crippen LogP contribution >= 0.6 is 0 Å². The maximum Gasteiger partial charge on any atom is 0.223 e. The summed E-state index contributed by atoms with van der Waals surface area (Å²) in [6.07, 6.45) is -0.263. The number of ether oxygens (including phenoxy) is 1. The molecule has 5 nitrogen and oxygen atoms in total. The monoisotopic (exact) mass is 295 g/mol. The van der Waals surface area contributed by atoms with E-state index >= 15 is 0 Å². The topological polar surface area (TPSA) is 51.4 Å². The number of nitrogens with zero attached hydrogens (tertiary/aromatic N) is 3. The van der Waals surface area contributed by atoms with Gasteiger partial charge in [-0.15, -0.1) is 0 Å². The first-order chi connectivity index (χ1) is 10.1. The Balaban J connectivity index is 1.67. The van der Waals surface area contributed by atoms with E-state index in [1.165, 1.54) is 6.07 Å². The van der Waals surface area contributed by atoms with Gasteiger partial charge in [0.15, 0.2) is 11.6 Å². The predicted octanol–water partition coefficient (Wildman–Crippen LogP) is 2.23. The second-order valence-electron chi connectivity index (χ2n) is 5.01. The van der Waals surface area contributed by atoms with Gasteiger partial charge in [-0.2, -0.15) is 4.98 Å². The normalized spacial score (nSPS) is 19.9. The molecule has 0 aliphatic carbocycles. The number of halogens is 2. The summed E-state index contributed by atoms with van der Waals surface area (Å²) in [5, 5.41) is 3.86. The van der Waals surface area contributed by atoms with Gasteiger partial charge in [0.2, 0.25) is 11.7 Å². The molecular formula is C14H15F2N3O2. The molecule has 0 saturated carbocycles. The summed E-state index contributed by atoms with van der Waals surface area (Å²) in [7, 11) is 0. The minimum atomic E-state index is -0.833. The zero-order valence-corrected chi connectivity index (χ0v) is 11.6. The lowest BCUT2D eigenvalue weighted by Gasteiger charge is -2.31. The summed E-state index contributed by atoms with van der Waals surface area (Å²) in [5.74, 6) is -0.652. The van der Waals surface area contributed by atoms with Crippen LogP contribution in [0.15, 0.2) is 22.7 Å². The van der Waals surface area contributed by atoms with Gasteiger partial charge in [0.1, 0.15) is 6.10 Å². The number of hydrogen-bond donors (Lipinski definition) is 0. The Morgan fingerprint density at radius 1 is 1.33 bits per heavy atom. The van der Waals surface area contributed by atoms with Crippen molar-refractivity contribution in [3.05, 3.63) is 47.1 Å². The first-order valence-electron chi connectivity index (χ1n) is 6.70. The first-order valence-corrected chi connectivity index (χ1v) is 6.70. The van der Waals surface area contributed by atoms with Crippen molar-refractivity contribution in [3.63, 3.8) is 0 Å². The summed E-state index contributed by atoms with van der Waals surface area (Å²) < 4.78 is 36.7. The van der Waals surface area contributed by atoms with Gasteiger partial charge >= 0.3 is 0 Å². The van der Waals surface area contributed by atoms with Crippen LogP contribution < -0.4 is 0 Å². The molecule has 21 heavy (non-hydrogen) atoms. The average Bonchev–Trinajstić information content (AvgIpc) is 2.90. The molecule has 1 aromatic heterocycles. The zero-order chi connectivity index (χ0) is 14.8. The van der Waals surface area contributed by atoms with Crippen molar-refractivity contribution in [2.24, 2.45) is 0 Å². The zero-order valence-electron chi connectivity index (χ0n) is 11.6. The van der Waals surface area contributed by atoms with Crippen molar-refractivity contribution in [1.29, 1.82) is 0 Å². The molecule has 1 aromatic carbocycles. The van der Waals surface area contributed by atoms with Gasteiger partial charge in [-0.3, -0.25) is 4.90 Å². The molecule has 0 spiro atoms. The van der Waals surface area contributed by atoms with E-state index in [2.05, 4.69) is 15.0 Å². The molecule has 1 aliphatic rings. The van der Waals surface area contributed by atoms with Crippen molar-refractivity contribution in [3.8, 4) is 0 Å². The molecule has 3 rings (SSSR count). The number of benzene rings is 1. The highest BCUT2D eigenvalue weighted by Crippen LogP contribution is 2.21. The number of rotatable bonds is 3. The van der Waals surface area contributed by atoms with Crippen LogP contribution in [0.5, 0.6) is 0 Å². The van der Waals surface area contributed by atoms with Crippen molar-refractivity contribution < 1.29 is 18.0 Å². The van der Waals surface area contributed by atoms with E-state index in [1.807, 2.05) is 0 Å². The van der Waals surface area contributed by atoms with Crippen LogP contribution in [-0.4, -0.2) is 34.7 Å². The van der Waals surface area contributed by atoms with Crippen LogP contribution in [0.3, 0.4) is 0 Å². The third-order valence-corrected chi connectivity index (χ3v) is 3.37. The molecular weight excluding hydrogens is 280 g/mol. The lowest BCUT2D eigenvalue weighted by molar-refractivity contribution is -0.0380. The molecule has 1 aliphatic heterocycles. The van der Waals surface area contributed by atoms with Crippen LogP contribution in [0, 0.1) is 18.6 Å². The highest BCUT2D eigenvalue weighted by molar-refractivity contribution is 5.17. The summed E-state index contributed by atoms with van der Waals surface area (Å²) in [6, 6.07) is 3.95. The van der Waals surface area contributed by atoms with E-state index < -0.39 is 11.6 Å². The highest BCUT2D eigenvalue weighted by atomic mass is 19.2. The van der Waals surface area contributed by atoms with E-state index in [0.717, 1.165) is 11.6 Å². The number of aromatic nitrogens is 2. The van der Waals surface area contributed by atoms with Crippen molar-refractivity contribution in [2.45, 2.75) is 19.6 Å². The largest absolute Gasteiger partial charge is 0.367 e. The fourth-order valence-corrected chi connectivity index (χ4v) is 2.34. The van der Waals surface area contributed by atoms with Crippen molar-refractivity contribution in [2.75, 3.05) is 19.7 Å². The molecule has 0 N–H and O–H groups in total. The van der Waals surface area contributed by atoms with E-state index in [0.29, 0.717) is 38.0 Å². The van der Waals surface area contributed by atoms with Gasteiger partial charge in [0.05, 0.1) is 6.61 Å². The van der Waals surface area contributed by atoms with E-state index in [9.17, 15) is 8.78 Å². The molecule has 1 atom stereocenters. The van der Waals surface area contributed by atoms with Gasteiger partial charge in [-0.05, 0) is 17.7 Å². The van der Waals surface area contributed by atoms with Crippen LogP contribution in [0.1, 0.15) is 23.4 Å². The van der Waals surface area contributed by atoms with E-state index in [1.54, 1.807) is 13.0 Å². The predicted molar refractivity (Wildman–Crippen MR) is 69.4 cm³/mol. The Labute approximate surface area is 120 Å². The highest BCUT2D eigenvalue weighted by Gasteiger charge is 2.25. The Kier molecular flexibility index (Phi) is 3.94. The maximum absolute atomic E-state index is 13.2. The Bertz CT molecular complexity index is 632. The maximum atomic E-state index is 13.2. The smallest absolute Gasteiger partial charge is 0.223 e. The minimum Gasteiger partial charge on any atom is -0.367 e. The second-order valence-corrected chi connectivity index (χ2v) is 5.01. The summed E-state index contributed by atoms with van der Waals surface area (Å²) >= 11 is 0. The van der Waals surface area contributed by atoms with Gasteiger partial charge < -0.3 is 9.26 Å². The molecule has 1 saturated heterocycles. The molecule has 0 unspecified atom stereocenters. The van der Waals surface area contributed by atoms with Gasteiger partial charge in [-0.1, -0.05) is 11.2 Å².